The molecule has 1 aliphatic carbocycles. The Balaban J connectivity index is 2.84. The smallest absolute Gasteiger partial charge is 0.226 e. The third-order valence-electron chi connectivity index (χ3n) is 3.93. The Morgan fingerprint density at radius 3 is 1.61 bits per heavy atom. The number of rotatable bonds is 1. The lowest BCUT2D eigenvalue weighted by Gasteiger charge is -2.47. The highest BCUT2D eigenvalue weighted by molar-refractivity contribution is 5.80. The molecule has 0 atom stereocenters. The monoisotopic (exact) mass is 253 g/mol. The lowest BCUT2D eigenvalue weighted by atomic mass is 9.81. The van der Waals surface area contributed by atoms with Crippen LogP contribution in [-0.2, 0) is 4.79 Å². The Morgan fingerprint density at radius 1 is 0.889 bits per heavy atom. The minimum Gasteiger partial charge on any atom is -0.333 e. The van der Waals surface area contributed by atoms with Crippen LogP contribution in [-0.4, -0.2) is 21.9 Å². The lowest BCUT2D eigenvalue weighted by Crippen LogP contribution is -2.57. The van der Waals surface area contributed by atoms with E-state index in [0.29, 0.717) is 5.91 Å². The molecule has 2 nitrogen and oxygen atoms in total. The van der Waals surface area contributed by atoms with Gasteiger partial charge in [0.1, 0.15) is 0 Å². The van der Waals surface area contributed by atoms with Crippen LogP contribution in [0.15, 0.2) is 0 Å². The summed E-state index contributed by atoms with van der Waals surface area (Å²) in [6.07, 6.45) is 4.56. The van der Waals surface area contributed by atoms with Crippen LogP contribution in [0.5, 0.6) is 0 Å². The fourth-order valence-electron chi connectivity index (χ4n) is 3.36. The van der Waals surface area contributed by atoms with Gasteiger partial charge in [-0.2, -0.15) is 0 Å². The van der Waals surface area contributed by atoms with Crippen molar-refractivity contribution >= 4 is 5.91 Å². The van der Waals surface area contributed by atoms with Crippen LogP contribution >= 0.6 is 0 Å². The molecule has 0 bridgehead atoms. The van der Waals surface area contributed by atoms with Crippen molar-refractivity contribution in [3.63, 3.8) is 0 Å². The van der Waals surface area contributed by atoms with Gasteiger partial charge in [-0.3, -0.25) is 4.79 Å². The summed E-state index contributed by atoms with van der Waals surface area (Å²) in [6.45, 7) is 15.1. The zero-order chi connectivity index (χ0) is 14.1. The second-order valence-corrected chi connectivity index (χ2v) is 7.97. The van der Waals surface area contributed by atoms with E-state index in [2.05, 4.69) is 53.4 Å². The van der Waals surface area contributed by atoms with Gasteiger partial charge < -0.3 is 4.90 Å². The van der Waals surface area contributed by atoms with Gasteiger partial charge in [0.2, 0.25) is 5.91 Å². The minimum absolute atomic E-state index is 0.0988. The van der Waals surface area contributed by atoms with Gasteiger partial charge in [0.05, 0.1) is 0 Å². The summed E-state index contributed by atoms with van der Waals surface area (Å²) in [6, 6.07) is 0. The molecule has 0 saturated heterocycles. The van der Waals surface area contributed by atoms with Crippen molar-refractivity contribution in [1.29, 1.82) is 0 Å². The highest BCUT2D eigenvalue weighted by Crippen LogP contribution is 2.34. The summed E-state index contributed by atoms with van der Waals surface area (Å²) in [5, 5.41) is 0. The first-order valence-corrected chi connectivity index (χ1v) is 7.37. The van der Waals surface area contributed by atoms with E-state index in [0.717, 1.165) is 18.8 Å². The van der Waals surface area contributed by atoms with Crippen LogP contribution in [0, 0.1) is 11.8 Å². The number of hydrogen-bond donors (Lipinski definition) is 0. The number of nitrogens with zero attached hydrogens (tertiary/aromatic N) is 1. The van der Waals surface area contributed by atoms with E-state index in [4.69, 9.17) is 0 Å². The molecule has 0 aromatic carbocycles. The summed E-state index contributed by atoms with van der Waals surface area (Å²) in [7, 11) is 0. The van der Waals surface area contributed by atoms with E-state index in [1.54, 1.807) is 0 Å². The predicted octanol–water partition coefficient (Wildman–Crippen LogP) is 4.24. The Hall–Kier alpha value is -0.530. The molecule has 106 valence electrons. The number of amides is 1. The quantitative estimate of drug-likeness (QED) is 0.684. The molecule has 2 heteroatoms. The summed E-state index contributed by atoms with van der Waals surface area (Å²) in [4.78, 5) is 14.9. The van der Waals surface area contributed by atoms with Gasteiger partial charge in [-0.25, -0.2) is 0 Å². The number of hydrogen-bond acceptors (Lipinski definition) is 1. The second-order valence-electron chi connectivity index (χ2n) is 7.97. The normalized spacial score (nSPS) is 25.9. The van der Waals surface area contributed by atoms with Crippen LogP contribution in [0.4, 0.5) is 0 Å². The van der Waals surface area contributed by atoms with E-state index in [9.17, 15) is 4.79 Å². The second kappa shape index (κ2) is 5.22. The van der Waals surface area contributed by atoms with Crippen molar-refractivity contribution in [3.05, 3.63) is 0 Å². The SMILES string of the molecule is CC1CCC(C(=O)N(C(C)(C)C)C(C)(C)C)CC1. The van der Waals surface area contributed by atoms with Gasteiger partial charge in [0, 0.05) is 17.0 Å². The molecule has 0 N–H and O–H groups in total. The van der Waals surface area contributed by atoms with Crippen molar-refractivity contribution in [2.45, 2.75) is 85.2 Å². The molecule has 0 aliphatic heterocycles. The molecule has 0 aromatic rings. The number of carbonyl (C=O) groups excluding carboxylic acids is 1. The van der Waals surface area contributed by atoms with Crippen LogP contribution in [0.2, 0.25) is 0 Å². The Kier molecular flexibility index (Phi) is 4.51. The highest BCUT2D eigenvalue weighted by Gasteiger charge is 2.39. The van der Waals surface area contributed by atoms with Gasteiger partial charge in [-0.15, -0.1) is 0 Å². The zero-order valence-corrected chi connectivity index (χ0v) is 13.3. The number of carbonyl (C=O) groups is 1. The maximum atomic E-state index is 12.8. The Morgan fingerprint density at radius 2 is 1.28 bits per heavy atom. The van der Waals surface area contributed by atoms with Crippen molar-refractivity contribution in [3.8, 4) is 0 Å². The molecule has 0 radical (unpaired) electrons. The molecule has 1 amide bonds. The molecule has 0 spiro atoms. The largest absolute Gasteiger partial charge is 0.333 e. The summed E-state index contributed by atoms with van der Waals surface area (Å²) >= 11 is 0. The first-order chi connectivity index (χ1) is 8.03. The molecule has 0 heterocycles. The van der Waals surface area contributed by atoms with Crippen LogP contribution in [0.1, 0.15) is 74.1 Å². The molecule has 1 saturated carbocycles. The molecule has 1 fully saturated rings. The predicted molar refractivity (Wildman–Crippen MR) is 77.5 cm³/mol. The fourth-order valence-corrected chi connectivity index (χ4v) is 3.36. The first kappa shape index (κ1) is 15.5. The van der Waals surface area contributed by atoms with Crippen molar-refractivity contribution in [2.24, 2.45) is 11.8 Å². The third-order valence-corrected chi connectivity index (χ3v) is 3.93. The van der Waals surface area contributed by atoms with E-state index in [1.165, 1.54) is 12.8 Å². The molecule has 1 aliphatic rings. The van der Waals surface area contributed by atoms with Crippen LogP contribution < -0.4 is 0 Å². The highest BCUT2D eigenvalue weighted by atomic mass is 16.2. The lowest BCUT2D eigenvalue weighted by molar-refractivity contribution is -0.148. The molecular weight excluding hydrogens is 222 g/mol. The van der Waals surface area contributed by atoms with Crippen molar-refractivity contribution in [1.82, 2.24) is 4.90 Å². The molecule has 18 heavy (non-hydrogen) atoms. The maximum Gasteiger partial charge on any atom is 0.226 e. The molecule has 0 unspecified atom stereocenters. The maximum absolute atomic E-state index is 12.8. The topological polar surface area (TPSA) is 20.3 Å². The van der Waals surface area contributed by atoms with E-state index in [-0.39, 0.29) is 17.0 Å². The van der Waals surface area contributed by atoms with Gasteiger partial charge in [0.15, 0.2) is 0 Å². The Labute approximate surface area is 113 Å². The minimum atomic E-state index is -0.0988. The molecular formula is C16H31NO. The van der Waals surface area contributed by atoms with Gasteiger partial charge >= 0.3 is 0 Å². The van der Waals surface area contributed by atoms with Crippen LogP contribution in [0.25, 0.3) is 0 Å². The van der Waals surface area contributed by atoms with E-state index in [1.807, 2.05) is 0 Å². The first-order valence-electron chi connectivity index (χ1n) is 7.37. The fraction of sp³-hybridized carbons (Fsp3) is 0.938. The van der Waals surface area contributed by atoms with Crippen molar-refractivity contribution < 1.29 is 4.79 Å². The average Bonchev–Trinajstić information content (AvgIpc) is 2.13. The molecule has 1 rings (SSSR count). The standard InChI is InChI=1S/C16H31NO/c1-12-8-10-13(11-9-12)14(18)17(15(2,3)4)16(5,6)7/h12-13H,8-11H2,1-7H3. The van der Waals surface area contributed by atoms with E-state index >= 15 is 0 Å². The summed E-state index contributed by atoms with van der Waals surface area (Å²) in [5.74, 6) is 1.41. The van der Waals surface area contributed by atoms with Gasteiger partial charge in [-0.1, -0.05) is 6.92 Å². The summed E-state index contributed by atoms with van der Waals surface area (Å²) in [5.41, 5.74) is -0.198. The van der Waals surface area contributed by atoms with Crippen LogP contribution in [0.3, 0.4) is 0 Å². The summed E-state index contributed by atoms with van der Waals surface area (Å²) < 4.78 is 0. The van der Waals surface area contributed by atoms with Gasteiger partial charge in [-0.05, 0) is 73.1 Å². The molecule has 0 aromatic heterocycles. The Bertz CT molecular complexity index is 273. The van der Waals surface area contributed by atoms with Crippen molar-refractivity contribution in [2.75, 3.05) is 0 Å². The zero-order valence-electron chi connectivity index (χ0n) is 13.3. The van der Waals surface area contributed by atoms with E-state index < -0.39 is 0 Å². The van der Waals surface area contributed by atoms with Gasteiger partial charge in [0.25, 0.3) is 0 Å². The third kappa shape index (κ3) is 3.73. The average molecular weight is 253 g/mol.